The Bertz CT molecular complexity index is 1050. The average molecular weight is 349 g/mol. The molecule has 0 bridgehead atoms. The molecule has 0 atom stereocenters. The van der Waals surface area contributed by atoms with Gasteiger partial charge in [-0.2, -0.15) is 5.10 Å². The Hall–Kier alpha value is -3.06. The van der Waals surface area contributed by atoms with Gasteiger partial charge >= 0.3 is 0 Å². The van der Waals surface area contributed by atoms with E-state index in [9.17, 15) is 4.79 Å². The van der Waals surface area contributed by atoms with Crippen LogP contribution in [0.3, 0.4) is 0 Å². The predicted octanol–water partition coefficient (Wildman–Crippen LogP) is 3.02. The summed E-state index contributed by atoms with van der Waals surface area (Å²) in [6.07, 6.45) is 7.28. The molecule has 6 nitrogen and oxygen atoms in total. The normalized spacial score (nSPS) is 10.9. The van der Waals surface area contributed by atoms with Gasteiger partial charge in [-0.15, -0.1) is 11.3 Å². The first-order valence-electron chi connectivity index (χ1n) is 7.73. The van der Waals surface area contributed by atoms with Gasteiger partial charge in [-0.25, -0.2) is 4.98 Å². The lowest BCUT2D eigenvalue weighted by Gasteiger charge is -2.06. The highest BCUT2D eigenvalue weighted by Gasteiger charge is 2.08. The van der Waals surface area contributed by atoms with Gasteiger partial charge in [0.1, 0.15) is 0 Å². The van der Waals surface area contributed by atoms with E-state index in [1.165, 1.54) is 11.3 Å². The zero-order valence-electron chi connectivity index (χ0n) is 13.5. The molecule has 0 radical (unpaired) electrons. The van der Waals surface area contributed by atoms with Gasteiger partial charge in [0.25, 0.3) is 5.91 Å². The molecule has 0 aliphatic rings. The number of rotatable bonds is 4. The van der Waals surface area contributed by atoms with Crippen molar-refractivity contribution in [1.82, 2.24) is 25.1 Å². The monoisotopic (exact) mass is 349 g/mol. The minimum atomic E-state index is -0.109. The van der Waals surface area contributed by atoms with Gasteiger partial charge in [0.05, 0.1) is 21.9 Å². The van der Waals surface area contributed by atoms with Crippen molar-refractivity contribution in [3.05, 3.63) is 65.7 Å². The zero-order chi connectivity index (χ0) is 17.2. The SMILES string of the molecule is Cn1cc(-c2cncc(CNC(=O)c3ccc4ncsc4c3)c2)cn1. The van der Waals surface area contributed by atoms with Crippen LogP contribution in [0.4, 0.5) is 0 Å². The summed E-state index contributed by atoms with van der Waals surface area (Å²) in [5, 5.41) is 7.11. The van der Waals surface area contributed by atoms with Crippen molar-refractivity contribution in [3.63, 3.8) is 0 Å². The average Bonchev–Trinajstić information content (AvgIpc) is 3.28. The number of pyridine rings is 1. The van der Waals surface area contributed by atoms with E-state index in [1.807, 2.05) is 31.4 Å². The summed E-state index contributed by atoms with van der Waals surface area (Å²) in [4.78, 5) is 20.9. The van der Waals surface area contributed by atoms with Crippen LogP contribution >= 0.6 is 11.3 Å². The van der Waals surface area contributed by atoms with Crippen LogP contribution in [0.1, 0.15) is 15.9 Å². The molecule has 3 heterocycles. The Morgan fingerprint density at radius 2 is 2.12 bits per heavy atom. The number of benzene rings is 1. The zero-order valence-corrected chi connectivity index (χ0v) is 14.3. The molecule has 4 rings (SSSR count). The van der Waals surface area contributed by atoms with Gasteiger partial charge in [-0.1, -0.05) is 0 Å². The molecule has 0 spiro atoms. The van der Waals surface area contributed by atoms with Crippen molar-refractivity contribution < 1.29 is 4.79 Å². The Morgan fingerprint density at radius 1 is 1.20 bits per heavy atom. The van der Waals surface area contributed by atoms with Gasteiger partial charge in [0, 0.05) is 48.9 Å². The topological polar surface area (TPSA) is 72.7 Å². The third-order valence-electron chi connectivity index (χ3n) is 3.88. The maximum absolute atomic E-state index is 12.4. The van der Waals surface area contributed by atoms with Crippen LogP contribution in [0.15, 0.2) is 54.6 Å². The van der Waals surface area contributed by atoms with Crippen LogP contribution in [0.5, 0.6) is 0 Å². The van der Waals surface area contributed by atoms with Gasteiger partial charge in [-0.05, 0) is 29.8 Å². The molecule has 7 heteroatoms. The second kappa shape index (κ2) is 6.45. The van der Waals surface area contributed by atoms with E-state index in [4.69, 9.17) is 0 Å². The van der Waals surface area contributed by atoms with E-state index in [1.54, 1.807) is 34.8 Å². The maximum Gasteiger partial charge on any atom is 0.251 e. The molecular weight excluding hydrogens is 334 g/mol. The number of hydrogen-bond acceptors (Lipinski definition) is 5. The smallest absolute Gasteiger partial charge is 0.251 e. The van der Waals surface area contributed by atoms with Crippen LogP contribution in [0, 0.1) is 0 Å². The van der Waals surface area contributed by atoms with Crippen LogP contribution in [-0.4, -0.2) is 25.7 Å². The van der Waals surface area contributed by atoms with Crippen LogP contribution in [-0.2, 0) is 13.6 Å². The van der Waals surface area contributed by atoms with Gasteiger partial charge in [-0.3, -0.25) is 14.5 Å². The first-order valence-corrected chi connectivity index (χ1v) is 8.61. The summed E-state index contributed by atoms with van der Waals surface area (Å²) in [5.74, 6) is -0.109. The summed E-state index contributed by atoms with van der Waals surface area (Å²) in [5.41, 5.74) is 6.24. The first kappa shape index (κ1) is 15.5. The minimum absolute atomic E-state index is 0.109. The Kier molecular flexibility index (Phi) is 3.99. The molecular formula is C18H15N5OS. The number of aryl methyl sites for hydroxylation is 1. The lowest BCUT2D eigenvalue weighted by atomic mass is 10.1. The van der Waals surface area contributed by atoms with Crippen molar-refractivity contribution in [2.75, 3.05) is 0 Å². The molecule has 0 fully saturated rings. The highest BCUT2D eigenvalue weighted by atomic mass is 32.1. The predicted molar refractivity (Wildman–Crippen MR) is 97.2 cm³/mol. The van der Waals surface area contributed by atoms with E-state index < -0.39 is 0 Å². The number of thiazole rings is 1. The largest absolute Gasteiger partial charge is 0.348 e. The number of amides is 1. The highest BCUT2D eigenvalue weighted by molar-refractivity contribution is 7.16. The van der Waals surface area contributed by atoms with Gasteiger partial charge < -0.3 is 5.32 Å². The summed E-state index contributed by atoms with van der Waals surface area (Å²) >= 11 is 1.53. The van der Waals surface area contributed by atoms with E-state index >= 15 is 0 Å². The van der Waals surface area contributed by atoms with Gasteiger partial charge in [0.2, 0.25) is 0 Å². The van der Waals surface area contributed by atoms with Crippen molar-refractivity contribution in [2.45, 2.75) is 6.54 Å². The molecule has 0 unspecified atom stereocenters. The second-order valence-electron chi connectivity index (χ2n) is 5.70. The molecule has 0 saturated heterocycles. The first-order chi connectivity index (χ1) is 12.2. The second-order valence-corrected chi connectivity index (χ2v) is 6.59. The Labute approximate surface area is 148 Å². The van der Waals surface area contributed by atoms with Gasteiger partial charge in [0.15, 0.2) is 0 Å². The fraction of sp³-hybridized carbons (Fsp3) is 0.111. The quantitative estimate of drug-likeness (QED) is 0.615. The van der Waals surface area contributed by atoms with Crippen molar-refractivity contribution in [2.24, 2.45) is 7.05 Å². The summed E-state index contributed by atoms with van der Waals surface area (Å²) in [7, 11) is 1.88. The fourth-order valence-electron chi connectivity index (χ4n) is 2.59. The fourth-order valence-corrected chi connectivity index (χ4v) is 3.31. The third-order valence-corrected chi connectivity index (χ3v) is 4.67. The van der Waals surface area contributed by atoms with E-state index in [0.717, 1.165) is 26.9 Å². The lowest BCUT2D eigenvalue weighted by molar-refractivity contribution is 0.0951. The number of carbonyl (C=O) groups excluding carboxylic acids is 1. The minimum Gasteiger partial charge on any atom is -0.348 e. The third kappa shape index (κ3) is 3.27. The van der Waals surface area contributed by atoms with Crippen molar-refractivity contribution in [1.29, 1.82) is 0 Å². The van der Waals surface area contributed by atoms with Crippen molar-refractivity contribution >= 4 is 27.5 Å². The molecule has 25 heavy (non-hydrogen) atoms. The standard InChI is InChI=1S/C18H15N5OS/c1-23-10-15(9-22-23)14-4-12(6-19-8-14)7-20-18(24)13-2-3-16-17(5-13)25-11-21-16/h2-6,8-11H,7H2,1H3,(H,20,24). The van der Waals surface area contributed by atoms with Crippen LogP contribution in [0.25, 0.3) is 21.3 Å². The Balaban J connectivity index is 1.48. The molecule has 4 aromatic rings. The highest BCUT2D eigenvalue weighted by Crippen LogP contribution is 2.20. The molecule has 0 saturated carbocycles. The maximum atomic E-state index is 12.4. The molecule has 0 aliphatic heterocycles. The number of carbonyl (C=O) groups is 1. The number of hydrogen-bond donors (Lipinski definition) is 1. The van der Waals surface area contributed by atoms with E-state index in [-0.39, 0.29) is 5.91 Å². The van der Waals surface area contributed by atoms with E-state index in [0.29, 0.717) is 12.1 Å². The van der Waals surface area contributed by atoms with E-state index in [2.05, 4.69) is 20.4 Å². The van der Waals surface area contributed by atoms with Crippen molar-refractivity contribution in [3.8, 4) is 11.1 Å². The Morgan fingerprint density at radius 3 is 2.96 bits per heavy atom. The molecule has 1 N–H and O–H groups in total. The van der Waals surface area contributed by atoms with Crippen LogP contribution < -0.4 is 5.32 Å². The number of nitrogens with one attached hydrogen (secondary N) is 1. The number of nitrogens with zero attached hydrogens (tertiary/aromatic N) is 4. The molecule has 1 aromatic carbocycles. The molecule has 124 valence electrons. The molecule has 1 amide bonds. The summed E-state index contributed by atoms with van der Waals surface area (Å²) in [6.45, 7) is 0.417. The van der Waals surface area contributed by atoms with Crippen LogP contribution in [0.2, 0.25) is 0 Å². The summed E-state index contributed by atoms with van der Waals surface area (Å²) in [6, 6.07) is 7.54. The lowest BCUT2D eigenvalue weighted by Crippen LogP contribution is -2.22. The molecule has 0 aliphatic carbocycles. The number of fused-ring (bicyclic) bond motifs is 1. The summed E-state index contributed by atoms with van der Waals surface area (Å²) < 4.78 is 2.76. The number of aromatic nitrogens is 4. The molecule has 3 aromatic heterocycles.